The minimum atomic E-state index is 0.177. The molecule has 1 heterocycles. The number of rotatable bonds is 3. The second-order valence-electron chi connectivity index (χ2n) is 3.52. The Labute approximate surface area is 93.2 Å². The van der Waals surface area contributed by atoms with Crippen molar-refractivity contribution in [1.29, 1.82) is 0 Å². The fourth-order valence-electron chi connectivity index (χ4n) is 1.32. The Morgan fingerprint density at radius 3 is 2.73 bits per heavy atom. The molecule has 2 rings (SSSR count). The van der Waals surface area contributed by atoms with E-state index in [-0.39, 0.29) is 12.5 Å². The Hall–Kier alpha value is -1.19. The maximum atomic E-state index is 9.05. The van der Waals surface area contributed by atoms with Gasteiger partial charge in [-0.3, -0.25) is 0 Å². The number of aliphatic hydroxyl groups is 1. The zero-order valence-electron chi connectivity index (χ0n) is 8.55. The summed E-state index contributed by atoms with van der Waals surface area (Å²) in [6.07, 6.45) is 1.86. The standard InChI is InChI=1S/C12H13NOS/c1-9(8-14)11-7-13-12(15-11)10-5-3-2-4-6-10/h2-7,9,14H,8H2,1H3. The summed E-state index contributed by atoms with van der Waals surface area (Å²) in [5, 5.41) is 10.1. The zero-order valence-corrected chi connectivity index (χ0v) is 9.37. The van der Waals surface area contributed by atoms with Crippen LogP contribution in [0.2, 0.25) is 0 Å². The molecule has 1 aromatic carbocycles. The maximum Gasteiger partial charge on any atom is 0.123 e. The van der Waals surface area contributed by atoms with Gasteiger partial charge in [-0.2, -0.15) is 0 Å². The number of aromatic nitrogens is 1. The molecule has 1 N–H and O–H groups in total. The molecule has 0 saturated heterocycles. The Kier molecular flexibility index (Phi) is 3.14. The number of thiazole rings is 1. The van der Waals surface area contributed by atoms with E-state index in [4.69, 9.17) is 5.11 Å². The van der Waals surface area contributed by atoms with E-state index >= 15 is 0 Å². The normalized spacial score (nSPS) is 12.7. The number of hydrogen-bond donors (Lipinski definition) is 1. The summed E-state index contributed by atoms with van der Waals surface area (Å²) in [4.78, 5) is 5.50. The summed E-state index contributed by atoms with van der Waals surface area (Å²) >= 11 is 1.65. The third kappa shape index (κ3) is 2.25. The van der Waals surface area contributed by atoms with Crippen LogP contribution in [0.15, 0.2) is 36.5 Å². The molecule has 1 atom stereocenters. The number of aliphatic hydroxyl groups excluding tert-OH is 1. The summed E-state index contributed by atoms with van der Waals surface area (Å²) in [6.45, 7) is 2.18. The van der Waals surface area contributed by atoms with Gasteiger partial charge < -0.3 is 5.11 Å². The van der Waals surface area contributed by atoms with Crippen molar-refractivity contribution in [2.75, 3.05) is 6.61 Å². The highest BCUT2D eigenvalue weighted by atomic mass is 32.1. The van der Waals surface area contributed by atoms with Crippen molar-refractivity contribution in [2.24, 2.45) is 0 Å². The lowest BCUT2D eigenvalue weighted by molar-refractivity contribution is 0.274. The highest BCUT2D eigenvalue weighted by molar-refractivity contribution is 7.15. The van der Waals surface area contributed by atoms with Crippen LogP contribution < -0.4 is 0 Å². The molecule has 0 fully saturated rings. The van der Waals surface area contributed by atoms with Gasteiger partial charge in [-0.25, -0.2) is 4.98 Å². The fourth-order valence-corrected chi connectivity index (χ4v) is 2.28. The molecule has 15 heavy (non-hydrogen) atoms. The number of hydrogen-bond acceptors (Lipinski definition) is 3. The van der Waals surface area contributed by atoms with Crippen molar-refractivity contribution in [3.05, 3.63) is 41.4 Å². The molecule has 0 spiro atoms. The number of benzene rings is 1. The second kappa shape index (κ2) is 4.55. The molecule has 3 heteroatoms. The van der Waals surface area contributed by atoms with Crippen LogP contribution in [-0.2, 0) is 0 Å². The van der Waals surface area contributed by atoms with Crippen molar-refractivity contribution in [3.63, 3.8) is 0 Å². The van der Waals surface area contributed by atoms with Gasteiger partial charge in [0.15, 0.2) is 0 Å². The molecule has 0 aliphatic heterocycles. The molecular formula is C12H13NOS. The van der Waals surface area contributed by atoms with Crippen molar-refractivity contribution in [1.82, 2.24) is 4.98 Å². The molecular weight excluding hydrogens is 206 g/mol. The number of nitrogens with zero attached hydrogens (tertiary/aromatic N) is 1. The van der Waals surface area contributed by atoms with Gasteiger partial charge in [-0.15, -0.1) is 11.3 Å². The van der Waals surface area contributed by atoms with Crippen LogP contribution in [-0.4, -0.2) is 16.7 Å². The lowest BCUT2D eigenvalue weighted by Gasteiger charge is -2.01. The molecule has 0 saturated carbocycles. The molecule has 0 radical (unpaired) electrons. The van der Waals surface area contributed by atoms with Crippen LogP contribution in [0.3, 0.4) is 0 Å². The van der Waals surface area contributed by atoms with Crippen LogP contribution in [0.25, 0.3) is 10.6 Å². The predicted molar refractivity (Wildman–Crippen MR) is 63.1 cm³/mol. The summed E-state index contributed by atoms with van der Waals surface area (Å²) in [7, 11) is 0. The van der Waals surface area contributed by atoms with E-state index in [1.165, 1.54) is 0 Å². The molecule has 0 aliphatic carbocycles. The largest absolute Gasteiger partial charge is 0.396 e. The van der Waals surface area contributed by atoms with Gasteiger partial charge in [-0.05, 0) is 0 Å². The average Bonchev–Trinajstić information content (AvgIpc) is 2.78. The van der Waals surface area contributed by atoms with Crippen LogP contribution in [0.4, 0.5) is 0 Å². The van der Waals surface area contributed by atoms with Gasteiger partial charge in [0.05, 0.1) is 6.61 Å². The van der Waals surface area contributed by atoms with Gasteiger partial charge in [0.2, 0.25) is 0 Å². The van der Waals surface area contributed by atoms with Crippen LogP contribution in [0.5, 0.6) is 0 Å². The molecule has 1 unspecified atom stereocenters. The van der Waals surface area contributed by atoms with E-state index in [0.717, 1.165) is 15.4 Å². The van der Waals surface area contributed by atoms with Crippen LogP contribution in [0, 0.1) is 0 Å². The van der Waals surface area contributed by atoms with E-state index in [1.54, 1.807) is 11.3 Å². The third-order valence-electron chi connectivity index (χ3n) is 2.30. The summed E-state index contributed by atoms with van der Waals surface area (Å²) in [6, 6.07) is 10.1. The molecule has 0 amide bonds. The summed E-state index contributed by atoms with van der Waals surface area (Å²) < 4.78 is 0. The summed E-state index contributed by atoms with van der Waals surface area (Å²) in [5.74, 6) is 0.181. The Balaban J connectivity index is 2.28. The minimum absolute atomic E-state index is 0.177. The zero-order chi connectivity index (χ0) is 10.7. The van der Waals surface area contributed by atoms with E-state index in [0.29, 0.717) is 0 Å². The smallest absolute Gasteiger partial charge is 0.123 e. The summed E-state index contributed by atoms with van der Waals surface area (Å²) in [5.41, 5.74) is 1.14. The highest BCUT2D eigenvalue weighted by Gasteiger charge is 2.09. The SMILES string of the molecule is CC(CO)c1cnc(-c2ccccc2)s1. The van der Waals surface area contributed by atoms with Crippen molar-refractivity contribution >= 4 is 11.3 Å². The Morgan fingerprint density at radius 1 is 1.33 bits per heavy atom. The van der Waals surface area contributed by atoms with E-state index in [9.17, 15) is 0 Å². The lowest BCUT2D eigenvalue weighted by atomic mass is 10.2. The van der Waals surface area contributed by atoms with E-state index in [1.807, 2.05) is 43.5 Å². The lowest BCUT2D eigenvalue weighted by Crippen LogP contribution is -1.94. The van der Waals surface area contributed by atoms with E-state index < -0.39 is 0 Å². The maximum absolute atomic E-state index is 9.05. The second-order valence-corrected chi connectivity index (χ2v) is 4.58. The van der Waals surface area contributed by atoms with Gasteiger partial charge in [0, 0.05) is 22.6 Å². The Bertz CT molecular complexity index is 424. The fraction of sp³-hybridized carbons (Fsp3) is 0.250. The molecule has 2 nitrogen and oxygen atoms in total. The molecule has 0 bridgehead atoms. The molecule has 78 valence electrons. The van der Waals surface area contributed by atoms with Gasteiger partial charge in [-0.1, -0.05) is 37.3 Å². The van der Waals surface area contributed by atoms with Gasteiger partial charge in [0.1, 0.15) is 5.01 Å². The quantitative estimate of drug-likeness (QED) is 0.861. The average molecular weight is 219 g/mol. The van der Waals surface area contributed by atoms with Crippen LogP contribution >= 0.6 is 11.3 Å². The predicted octanol–water partition coefficient (Wildman–Crippen LogP) is 2.91. The first kappa shape index (κ1) is 10.3. The van der Waals surface area contributed by atoms with Crippen molar-refractivity contribution < 1.29 is 5.11 Å². The monoisotopic (exact) mass is 219 g/mol. The third-order valence-corrected chi connectivity index (χ3v) is 3.58. The Morgan fingerprint density at radius 2 is 2.07 bits per heavy atom. The first-order valence-corrected chi connectivity index (χ1v) is 5.75. The van der Waals surface area contributed by atoms with Gasteiger partial charge in [0.25, 0.3) is 0 Å². The van der Waals surface area contributed by atoms with E-state index in [2.05, 4.69) is 4.98 Å². The first-order valence-electron chi connectivity index (χ1n) is 4.93. The van der Waals surface area contributed by atoms with Gasteiger partial charge >= 0.3 is 0 Å². The highest BCUT2D eigenvalue weighted by Crippen LogP contribution is 2.28. The van der Waals surface area contributed by atoms with Crippen molar-refractivity contribution in [2.45, 2.75) is 12.8 Å². The van der Waals surface area contributed by atoms with Crippen LogP contribution in [0.1, 0.15) is 17.7 Å². The minimum Gasteiger partial charge on any atom is -0.396 e. The molecule has 1 aromatic heterocycles. The topological polar surface area (TPSA) is 33.1 Å². The van der Waals surface area contributed by atoms with Crippen molar-refractivity contribution in [3.8, 4) is 10.6 Å². The molecule has 0 aliphatic rings. The molecule has 2 aromatic rings. The first-order chi connectivity index (χ1) is 7.31.